The van der Waals surface area contributed by atoms with Crippen molar-refractivity contribution in [2.24, 2.45) is 0 Å². The monoisotopic (exact) mass is 192 g/mol. The van der Waals surface area contributed by atoms with Crippen LogP contribution in [-0.4, -0.2) is 18.4 Å². The van der Waals surface area contributed by atoms with E-state index in [0.717, 1.165) is 0 Å². The summed E-state index contributed by atoms with van der Waals surface area (Å²) in [4.78, 5) is 10.7. The second-order valence-corrected chi connectivity index (χ2v) is 2.00. The van der Waals surface area contributed by atoms with Gasteiger partial charge in [0.1, 0.15) is 0 Å². The molecule has 0 aliphatic rings. The van der Waals surface area contributed by atoms with Gasteiger partial charge in [0.2, 0.25) is 0 Å². The van der Waals surface area contributed by atoms with Gasteiger partial charge in [0.05, 0.1) is 7.11 Å². The van der Waals surface area contributed by atoms with Gasteiger partial charge in [-0.2, -0.15) is 0 Å². The molecule has 9 heavy (non-hydrogen) atoms. The van der Waals surface area contributed by atoms with E-state index < -0.39 is 0 Å². The fourth-order valence-electron chi connectivity index (χ4n) is 0.381. The van der Waals surface area contributed by atoms with Crippen LogP contribution in [0, 0.1) is 0 Å². The lowest BCUT2D eigenvalue weighted by Crippen LogP contribution is -2.04. The molecule has 3 heteroatoms. The van der Waals surface area contributed by atoms with Gasteiger partial charge in [-0.15, -0.1) is 0 Å². The van der Waals surface area contributed by atoms with E-state index in [4.69, 9.17) is 0 Å². The van der Waals surface area contributed by atoms with Gasteiger partial charge in [0.25, 0.3) is 0 Å². The van der Waals surface area contributed by atoms with E-state index in [0.29, 0.717) is 10.9 Å². The fourth-order valence-corrected chi connectivity index (χ4v) is 0.933. The summed E-state index contributed by atoms with van der Waals surface area (Å²) in [7, 11) is 1.37. The van der Waals surface area contributed by atoms with Gasteiger partial charge in [0, 0.05) is 10.9 Å². The van der Waals surface area contributed by atoms with Crippen LogP contribution in [0.3, 0.4) is 0 Å². The summed E-state index contributed by atoms with van der Waals surface area (Å²) in [6.45, 7) is 1.80. The average Bonchev–Trinajstić information content (AvgIpc) is 1.90. The third-order valence-electron chi connectivity index (χ3n) is 0.940. The SMILES string of the molecule is C/C=C(\CBr)C(=O)OC. The van der Waals surface area contributed by atoms with E-state index in [1.807, 2.05) is 0 Å². The molecule has 0 atom stereocenters. The lowest BCUT2D eigenvalue weighted by molar-refractivity contribution is -0.135. The lowest BCUT2D eigenvalue weighted by Gasteiger charge is -1.97. The Hall–Kier alpha value is -0.310. The summed E-state index contributed by atoms with van der Waals surface area (Å²) < 4.78 is 4.46. The van der Waals surface area contributed by atoms with Crippen LogP contribution >= 0.6 is 15.9 Å². The summed E-state index contributed by atoms with van der Waals surface area (Å²) >= 11 is 3.15. The number of carbonyl (C=O) groups is 1. The Balaban J connectivity index is 3.97. The summed E-state index contributed by atoms with van der Waals surface area (Å²) in [5.41, 5.74) is 0.650. The first-order chi connectivity index (χ1) is 4.26. The Morgan fingerprint density at radius 1 is 1.78 bits per heavy atom. The second kappa shape index (κ2) is 4.56. The maximum Gasteiger partial charge on any atom is 0.334 e. The Morgan fingerprint density at radius 3 is 2.44 bits per heavy atom. The zero-order chi connectivity index (χ0) is 7.28. The van der Waals surface area contributed by atoms with Crippen LogP contribution in [0.4, 0.5) is 0 Å². The smallest absolute Gasteiger partial charge is 0.334 e. The Morgan fingerprint density at radius 2 is 2.33 bits per heavy atom. The van der Waals surface area contributed by atoms with Crippen LogP contribution in [0.1, 0.15) is 6.92 Å². The van der Waals surface area contributed by atoms with Crippen LogP contribution in [0.25, 0.3) is 0 Å². The standard InChI is InChI=1S/C6H9BrO2/c1-3-5(4-7)6(8)9-2/h3H,4H2,1-2H3/b5-3+. The molecule has 0 unspecified atom stereocenters. The predicted octanol–water partition coefficient (Wildman–Crippen LogP) is 1.50. The molecule has 0 aliphatic carbocycles. The molecule has 0 fully saturated rings. The van der Waals surface area contributed by atoms with Crippen molar-refractivity contribution in [2.75, 3.05) is 12.4 Å². The van der Waals surface area contributed by atoms with Crippen molar-refractivity contribution >= 4 is 21.9 Å². The van der Waals surface area contributed by atoms with Crippen molar-refractivity contribution < 1.29 is 9.53 Å². The highest BCUT2D eigenvalue weighted by Gasteiger charge is 2.04. The van der Waals surface area contributed by atoms with Crippen LogP contribution in [0.15, 0.2) is 11.6 Å². The van der Waals surface area contributed by atoms with Gasteiger partial charge in [-0.1, -0.05) is 22.0 Å². The number of ether oxygens (including phenoxy) is 1. The minimum Gasteiger partial charge on any atom is -0.466 e. The van der Waals surface area contributed by atoms with Crippen molar-refractivity contribution in [3.8, 4) is 0 Å². The average molecular weight is 193 g/mol. The molecule has 0 radical (unpaired) electrons. The fraction of sp³-hybridized carbons (Fsp3) is 0.500. The number of rotatable bonds is 2. The predicted molar refractivity (Wildman–Crippen MR) is 39.6 cm³/mol. The number of allylic oxidation sites excluding steroid dienone is 1. The number of hydrogen-bond acceptors (Lipinski definition) is 2. The summed E-state index contributed by atoms with van der Waals surface area (Å²) in [5.74, 6) is -0.269. The number of carbonyl (C=O) groups excluding carboxylic acids is 1. The van der Waals surface area contributed by atoms with Crippen LogP contribution < -0.4 is 0 Å². The second-order valence-electron chi connectivity index (χ2n) is 1.44. The highest BCUT2D eigenvalue weighted by molar-refractivity contribution is 9.09. The van der Waals surface area contributed by atoms with Gasteiger partial charge in [-0.05, 0) is 6.92 Å². The van der Waals surface area contributed by atoms with Gasteiger partial charge < -0.3 is 4.74 Å². The number of alkyl halides is 1. The first-order valence-corrected chi connectivity index (χ1v) is 3.67. The highest BCUT2D eigenvalue weighted by Crippen LogP contribution is 2.00. The third-order valence-corrected chi connectivity index (χ3v) is 1.54. The van der Waals surface area contributed by atoms with Gasteiger partial charge in [-0.3, -0.25) is 0 Å². The van der Waals surface area contributed by atoms with E-state index in [1.54, 1.807) is 13.0 Å². The zero-order valence-electron chi connectivity index (χ0n) is 5.48. The van der Waals surface area contributed by atoms with E-state index >= 15 is 0 Å². The van der Waals surface area contributed by atoms with Gasteiger partial charge in [0.15, 0.2) is 0 Å². The van der Waals surface area contributed by atoms with Crippen molar-refractivity contribution in [2.45, 2.75) is 6.92 Å². The normalized spacial score (nSPS) is 11.2. The third kappa shape index (κ3) is 2.65. The molecule has 0 aromatic heterocycles. The minimum atomic E-state index is -0.269. The van der Waals surface area contributed by atoms with Crippen molar-refractivity contribution in [3.63, 3.8) is 0 Å². The van der Waals surface area contributed by atoms with Crippen molar-refractivity contribution in [1.82, 2.24) is 0 Å². The number of methoxy groups -OCH3 is 1. The van der Waals surface area contributed by atoms with Gasteiger partial charge in [-0.25, -0.2) is 4.79 Å². The molecule has 0 heterocycles. The maximum absolute atomic E-state index is 10.7. The molecule has 0 aromatic carbocycles. The van der Waals surface area contributed by atoms with Crippen LogP contribution in [0.2, 0.25) is 0 Å². The summed E-state index contributed by atoms with van der Waals surface area (Å²) in [6.07, 6.45) is 1.72. The molecule has 0 bridgehead atoms. The summed E-state index contributed by atoms with van der Waals surface area (Å²) in [5, 5.41) is 0.552. The maximum atomic E-state index is 10.7. The van der Waals surface area contributed by atoms with E-state index in [2.05, 4.69) is 20.7 Å². The van der Waals surface area contributed by atoms with Crippen LogP contribution in [-0.2, 0) is 9.53 Å². The quantitative estimate of drug-likeness (QED) is 0.377. The Kier molecular flexibility index (Phi) is 4.40. The molecular formula is C6H9BrO2. The van der Waals surface area contributed by atoms with E-state index in [1.165, 1.54) is 7.11 Å². The highest BCUT2D eigenvalue weighted by atomic mass is 79.9. The molecule has 0 spiro atoms. The Labute approximate surface area is 63.0 Å². The first kappa shape index (κ1) is 8.69. The molecule has 0 amide bonds. The molecule has 0 saturated heterocycles. The van der Waals surface area contributed by atoms with E-state index in [-0.39, 0.29) is 5.97 Å². The summed E-state index contributed by atoms with van der Waals surface area (Å²) in [6, 6.07) is 0. The lowest BCUT2D eigenvalue weighted by atomic mass is 10.3. The van der Waals surface area contributed by atoms with Crippen molar-refractivity contribution in [1.29, 1.82) is 0 Å². The van der Waals surface area contributed by atoms with Crippen LogP contribution in [0.5, 0.6) is 0 Å². The number of esters is 1. The zero-order valence-corrected chi connectivity index (χ0v) is 7.06. The molecule has 0 rings (SSSR count). The molecular weight excluding hydrogens is 184 g/mol. The van der Waals surface area contributed by atoms with Crippen molar-refractivity contribution in [3.05, 3.63) is 11.6 Å². The number of hydrogen-bond donors (Lipinski definition) is 0. The van der Waals surface area contributed by atoms with Gasteiger partial charge >= 0.3 is 5.97 Å². The largest absolute Gasteiger partial charge is 0.466 e. The van der Waals surface area contributed by atoms with E-state index in [9.17, 15) is 4.79 Å². The first-order valence-electron chi connectivity index (χ1n) is 2.55. The molecule has 52 valence electrons. The molecule has 0 aliphatic heterocycles. The number of halogens is 1. The molecule has 0 saturated carbocycles. The molecule has 0 aromatic rings. The molecule has 2 nitrogen and oxygen atoms in total. The molecule has 0 N–H and O–H groups in total. The Bertz CT molecular complexity index is 129. The minimum absolute atomic E-state index is 0.269. The topological polar surface area (TPSA) is 26.3 Å².